The molecule has 0 spiro atoms. The molecule has 1 fully saturated rings. The van der Waals surface area contributed by atoms with E-state index >= 15 is 0 Å². The molecule has 2 heterocycles. The lowest BCUT2D eigenvalue weighted by molar-refractivity contribution is 0.0685. The number of aliphatic hydroxyl groups is 1. The van der Waals surface area contributed by atoms with Crippen LogP contribution in [0.3, 0.4) is 0 Å². The Balaban J connectivity index is 1.88. The van der Waals surface area contributed by atoms with Crippen LogP contribution in [0.25, 0.3) is 0 Å². The molecule has 3 aromatic rings. The third kappa shape index (κ3) is 9.65. The van der Waals surface area contributed by atoms with Crippen molar-refractivity contribution in [3.63, 3.8) is 0 Å². The standard InChI is InChI=1S/C42H62N2O7S3/c1-38(2,3)29-23-27(24-30(35(29)46)39(4,5)6)52-42(17-19-44(20-18-42)54(49,50)34-16-15-33(37(47)48)43(34)13)53-28-25-31(40(7,8)9)36(51-22-14-21-45)32(26-28)41(10,11)12/h15-16,23-26,45-46H,14,17-22H2,1-13H3,(H,47,48). The lowest BCUT2D eigenvalue weighted by atomic mass is 9.79. The van der Waals surface area contributed by atoms with Gasteiger partial charge >= 0.3 is 5.97 Å². The van der Waals surface area contributed by atoms with Crippen LogP contribution < -0.4 is 4.74 Å². The van der Waals surface area contributed by atoms with E-state index in [-0.39, 0.29) is 52.1 Å². The van der Waals surface area contributed by atoms with Gasteiger partial charge in [-0.1, -0.05) is 83.1 Å². The van der Waals surface area contributed by atoms with E-state index in [1.54, 1.807) is 23.5 Å². The Hall–Kier alpha value is -2.64. The predicted octanol–water partition coefficient (Wildman–Crippen LogP) is 9.45. The van der Waals surface area contributed by atoms with Crippen LogP contribution >= 0.6 is 23.5 Å². The number of aliphatic hydroxyl groups excluding tert-OH is 1. The van der Waals surface area contributed by atoms with E-state index < -0.39 is 20.1 Å². The van der Waals surface area contributed by atoms with Gasteiger partial charge in [0.25, 0.3) is 10.0 Å². The largest absolute Gasteiger partial charge is 0.507 e. The van der Waals surface area contributed by atoms with Crippen LogP contribution in [0, 0.1) is 0 Å². The van der Waals surface area contributed by atoms with Crippen molar-refractivity contribution in [3.05, 3.63) is 64.3 Å². The van der Waals surface area contributed by atoms with Crippen molar-refractivity contribution in [1.82, 2.24) is 8.87 Å². The third-order valence-corrected chi connectivity index (χ3v) is 14.9. The number of phenols is 1. The van der Waals surface area contributed by atoms with Gasteiger partial charge in [0.05, 0.1) is 10.7 Å². The summed E-state index contributed by atoms with van der Waals surface area (Å²) in [5.41, 5.74) is 2.63. The van der Waals surface area contributed by atoms with Crippen LogP contribution in [0.2, 0.25) is 0 Å². The third-order valence-electron chi connectivity index (χ3n) is 9.92. The summed E-state index contributed by atoms with van der Waals surface area (Å²) in [4.78, 5) is 13.8. The van der Waals surface area contributed by atoms with E-state index in [2.05, 4.69) is 107 Å². The first kappa shape index (κ1) is 44.1. The minimum absolute atomic E-state index is 0.0442. The van der Waals surface area contributed by atoms with E-state index in [0.717, 1.165) is 37.8 Å². The number of carboxylic acids is 1. The zero-order valence-corrected chi connectivity index (χ0v) is 37.0. The maximum absolute atomic E-state index is 14.0. The first-order valence-corrected chi connectivity index (χ1v) is 21.8. The number of hydrogen-bond acceptors (Lipinski definition) is 8. The second-order valence-electron chi connectivity index (χ2n) is 18.6. The van der Waals surface area contributed by atoms with Gasteiger partial charge in [-0.15, -0.1) is 23.5 Å². The number of ether oxygens (including phenoxy) is 1. The summed E-state index contributed by atoms with van der Waals surface area (Å²) in [6, 6.07) is 11.3. The normalized spacial score (nSPS) is 16.1. The van der Waals surface area contributed by atoms with Gasteiger partial charge in [-0.2, -0.15) is 4.31 Å². The van der Waals surface area contributed by atoms with E-state index in [9.17, 15) is 28.5 Å². The molecule has 300 valence electrons. The summed E-state index contributed by atoms with van der Waals surface area (Å²) in [7, 11) is -2.51. The maximum atomic E-state index is 14.0. The fourth-order valence-corrected chi connectivity index (χ4v) is 11.5. The average molecular weight is 803 g/mol. The summed E-state index contributed by atoms with van der Waals surface area (Å²) in [5, 5.41) is 30.6. The highest BCUT2D eigenvalue weighted by atomic mass is 32.2. The minimum atomic E-state index is -3.98. The van der Waals surface area contributed by atoms with Gasteiger partial charge in [-0.3, -0.25) is 0 Å². The summed E-state index contributed by atoms with van der Waals surface area (Å²) in [6.07, 6.45) is 1.56. The molecular formula is C42H62N2O7S3. The Bertz CT molecular complexity index is 1880. The zero-order chi connectivity index (χ0) is 40.8. The second-order valence-corrected chi connectivity index (χ2v) is 23.6. The van der Waals surface area contributed by atoms with Gasteiger partial charge in [0.1, 0.15) is 17.2 Å². The number of thioether (sulfide) groups is 2. The number of nitrogens with zero attached hydrogens (tertiary/aromatic N) is 2. The molecule has 12 heteroatoms. The molecule has 0 atom stereocenters. The molecule has 4 rings (SSSR count). The number of aromatic nitrogens is 1. The van der Waals surface area contributed by atoms with Crippen molar-refractivity contribution in [2.24, 2.45) is 7.05 Å². The Kier molecular flexibility index (Phi) is 12.8. The number of carboxylic acid groups (broad SMARTS) is 1. The molecule has 0 aliphatic carbocycles. The Morgan fingerprint density at radius 2 is 1.20 bits per heavy atom. The molecule has 0 unspecified atom stereocenters. The van der Waals surface area contributed by atoms with Crippen molar-refractivity contribution >= 4 is 39.5 Å². The van der Waals surface area contributed by atoms with Crippen molar-refractivity contribution in [2.75, 3.05) is 26.3 Å². The Morgan fingerprint density at radius 3 is 1.57 bits per heavy atom. The van der Waals surface area contributed by atoms with Crippen LogP contribution in [0.15, 0.2) is 51.2 Å². The van der Waals surface area contributed by atoms with E-state index in [0.29, 0.717) is 31.6 Å². The van der Waals surface area contributed by atoms with Crippen LogP contribution in [0.4, 0.5) is 0 Å². The number of rotatable bonds is 11. The highest BCUT2D eigenvalue weighted by Crippen LogP contribution is 2.55. The summed E-state index contributed by atoms with van der Waals surface area (Å²) >= 11 is 3.49. The molecule has 0 radical (unpaired) electrons. The summed E-state index contributed by atoms with van der Waals surface area (Å²) < 4.78 is 36.7. The number of aromatic carboxylic acids is 1. The van der Waals surface area contributed by atoms with Gasteiger partial charge in [-0.25, -0.2) is 13.2 Å². The monoisotopic (exact) mass is 802 g/mol. The van der Waals surface area contributed by atoms with Crippen LogP contribution in [-0.2, 0) is 38.7 Å². The minimum Gasteiger partial charge on any atom is -0.507 e. The number of carbonyl (C=O) groups is 1. The number of aromatic hydroxyl groups is 1. The van der Waals surface area contributed by atoms with Crippen molar-refractivity contribution < 1.29 is 33.3 Å². The molecule has 9 nitrogen and oxygen atoms in total. The molecule has 1 aliphatic rings. The number of piperidine rings is 1. The molecular weight excluding hydrogens is 741 g/mol. The first-order chi connectivity index (χ1) is 24.6. The maximum Gasteiger partial charge on any atom is 0.352 e. The van der Waals surface area contributed by atoms with Crippen LogP contribution in [0.1, 0.15) is 135 Å². The van der Waals surface area contributed by atoms with E-state index in [4.69, 9.17) is 4.74 Å². The lowest BCUT2D eigenvalue weighted by Crippen LogP contribution is -2.44. The fourth-order valence-electron chi connectivity index (χ4n) is 6.80. The lowest BCUT2D eigenvalue weighted by Gasteiger charge is -2.41. The molecule has 3 N–H and O–H groups in total. The molecule has 0 amide bonds. The molecule has 1 aromatic heterocycles. The Labute approximate surface area is 332 Å². The summed E-state index contributed by atoms with van der Waals surface area (Å²) in [6.45, 7) is 26.6. The molecule has 1 saturated heterocycles. The van der Waals surface area contributed by atoms with Gasteiger partial charge in [0, 0.05) is 65.2 Å². The second kappa shape index (κ2) is 15.7. The smallest absolute Gasteiger partial charge is 0.352 e. The van der Waals surface area contributed by atoms with Crippen molar-refractivity contribution in [2.45, 2.75) is 143 Å². The number of phenolic OH excluding ortho intramolecular Hbond substituents is 1. The molecule has 0 bridgehead atoms. The van der Waals surface area contributed by atoms with E-state index in [1.165, 1.54) is 28.1 Å². The molecule has 54 heavy (non-hydrogen) atoms. The van der Waals surface area contributed by atoms with Gasteiger partial charge < -0.3 is 24.6 Å². The topological polar surface area (TPSA) is 129 Å². The SMILES string of the molecule is Cn1c(C(=O)O)ccc1S(=O)(=O)N1CCC(Sc2cc(C(C)(C)C)c(O)c(C(C)(C)C)c2)(Sc2cc(C(C)(C)C)c(OCCCO)c(C(C)(C)C)c2)CC1. The first-order valence-electron chi connectivity index (χ1n) is 18.7. The highest BCUT2D eigenvalue weighted by Gasteiger charge is 2.43. The quantitative estimate of drug-likeness (QED) is 0.128. The number of benzene rings is 2. The fraction of sp³-hybridized carbons (Fsp3) is 0.595. The van der Waals surface area contributed by atoms with Crippen LogP contribution in [-0.4, -0.2) is 69.0 Å². The van der Waals surface area contributed by atoms with Crippen molar-refractivity contribution in [3.8, 4) is 11.5 Å². The number of sulfonamides is 1. The number of hydrogen-bond donors (Lipinski definition) is 3. The molecule has 0 saturated carbocycles. The highest BCUT2D eigenvalue weighted by molar-refractivity contribution is 8.18. The summed E-state index contributed by atoms with van der Waals surface area (Å²) in [5.74, 6) is -0.0230. The van der Waals surface area contributed by atoms with Gasteiger partial charge in [0.2, 0.25) is 0 Å². The zero-order valence-electron chi connectivity index (χ0n) is 34.5. The van der Waals surface area contributed by atoms with Gasteiger partial charge in [0.15, 0.2) is 5.03 Å². The molecule has 2 aromatic carbocycles. The average Bonchev–Trinajstić information content (AvgIpc) is 3.43. The molecule has 1 aliphatic heterocycles. The van der Waals surface area contributed by atoms with Crippen LogP contribution in [0.5, 0.6) is 11.5 Å². The van der Waals surface area contributed by atoms with E-state index in [1.807, 2.05) is 0 Å². The Morgan fingerprint density at radius 1 is 0.778 bits per heavy atom. The van der Waals surface area contributed by atoms with Crippen molar-refractivity contribution in [1.29, 1.82) is 0 Å². The predicted molar refractivity (Wildman–Crippen MR) is 221 cm³/mol. The van der Waals surface area contributed by atoms with Gasteiger partial charge in [-0.05, 0) is 70.9 Å².